The van der Waals surface area contributed by atoms with Gasteiger partial charge >= 0.3 is 0 Å². The number of anilines is 1. The number of thiophene rings is 1. The summed E-state index contributed by atoms with van der Waals surface area (Å²) in [4.78, 5) is 20.2. The molecular weight excluding hydrogens is 449 g/mol. The van der Waals surface area contributed by atoms with Crippen molar-refractivity contribution in [1.82, 2.24) is 15.5 Å². The summed E-state index contributed by atoms with van der Waals surface area (Å²) in [6.07, 6.45) is 3.18. The Bertz CT molecular complexity index is 527. The van der Waals surface area contributed by atoms with E-state index in [4.69, 9.17) is 0 Å². The lowest BCUT2D eigenvalue weighted by molar-refractivity contribution is -0.127. The molecule has 25 heavy (non-hydrogen) atoms. The number of nitrogens with one attached hydrogen (secondary N) is 2. The van der Waals surface area contributed by atoms with E-state index in [0.717, 1.165) is 44.9 Å². The van der Waals surface area contributed by atoms with E-state index in [2.05, 4.69) is 45.0 Å². The number of carbonyl (C=O) groups is 1. The second-order valence-corrected chi connectivity index (χ2v) is 7.16. The van der Waals surface area contributed by atoms with E-state index in [9.17, 15) is 4.79 Å². The van der Waals surface area contributed by atoms with Crippen molar-refractivity contribution in [2.75, 3.05) is 45.2 Å². The van der Waals surface area contributed by atoms with Gasteiger partial charge in [-0.25, -0.2) is 4.99 Å². The van der Waals surface area contributed by atoms with Crippen molar-refractivity contribution in [3.8, 4) is 0 Å². The number of aliphatic imine (C=N–C) groups is 1. The highest BCUT2D eigenvalue weighted by Crippen LogP contribution is 2.24. The first-order chi connectivity index (χ1) is 11.6. The van der Waals surface area contributed by atoms with Gasteiger partial charge in [0.15, 0.2) is 5.96 Å². The molecule has 0 atom stereocenters. The van der Waals surface area contributed by atoms with Crippen molar-refractivity contribution in [3.05, 3.63) is 17.5 Å². The van der Waals surface area contributed by atoms with E-state index < -0.39 is 0 Å². The predicted molar refractivity (Wildman–Crippen MR) is 117 cm³/mol. The fourth-order valence-corrected chi connectivity index (χ4v) is 3.36. The summed E-state index contributed by atoms with van der Waals surface area (Å²) in [5.41, 5.74) is 0. The highest BCUT2D eigenvalue weighted by Gasteiger charge is 2.20. The van der Waals surface area contributed by atoms with Crippen molar-refractivity contribution in [2.45, 2.75) is 32.2 Å². The number of carbonyl (C=O) groups excluding carboxylic acids is 1. The van der Waals surface area contributed by atoms with Gasteiger partial charge in [0.05, 0.1) is 5.00 Å². The maximum absolute atomic E-state index is 11.7. The Hall–Kier alpha value is -1.03. The lowest BCUT2D eigenvalue weighted by atomic mass is 10.1. The van der Waals surface area contributed by atoms with Crippen LogP contribution in [0.15, 0.2) is 22.5 Å². The Morgan fingerprint density at radius 1 is 1.40 bits per heavy atom. The molecule has 1 aliphatic heterocycles. The van der Waals surface area contributed by atoms with E-state index in [-0.39, 0.29) is 36.4 Å². The number of hydrogen-bond acceptors (Lipinski definition) is 4. The molecule has 0 aliphatic carbocycles. The summed E-state index contributed by atoms with van der Waals surface area (Å²) < 4.78 is 0. The number of nitrogens with zero attached hydrogens (tertiary/aromatic N) is 3. The largest absolute Gasteiger partial charge is 0.363 e. The van der Waals surface area contributed by atoms with Gasteiger partial charge < -0.3 is 20.4 Å². The van der Waals surface area contributed by atoms with Gasteiger partial charge in [0.2, 0.25) is 5.91 Å². The van der Waals surface area contributed by atoms with Crippen LogP contribution in [0.5, 0.6) is 0 Å². The summed E-state index contributed by atoms with van der Waals surface area (Å²) in [5.74, 6) is 0.765. The van der Waals surface area contributed by atoms with Crippen LogP contribution in [0.4, 0.5) is 5.00 Å². The highest BCUT2D eigenvalue weighted by atomic mass is 127. The molecular formula is C17H30IN5OS. The Morgan fingerprint density at radius 2 is 2.12 bits per heavy atom. The summed E-state index contributed by atoms with van der Waals surface area (Å²) in [5, 5.41) is 10.3. The van der Waals surface area contributed by atoms with Crippen LogP contribution in [0.2, 0.25) is 0 Å². The zero-order chi connectivity index (χ0) is 17.4. The zero-order valence-electron chi connectivity index (χ0n) is 15.3. The molecule has 8 heteroatoms. The first kappa shape index (κ1) is 22.0. The van der Waals surface area contributed by atoms with Crippen LogP contribution in [0.25, 0.3) is 0 Å². The van der Waals surface area contributed by atoms with Gasteiger partial charge in [-0.2, -0.15) is 0 Å². The average molecular weight is 479 g/mol. The third-order valence-corrected chi connectivity index (χ3v) is 5.00. The van der Waals surface area contributed by atoms with Crippen molar-refractivity contribution in [3.63, 3.8) is 0 Å². The molecule has 2 N–H and O–H groups in total. The number of halogens is 1. The fourth-order valence-electron chi connectivity index (χ4n) is 2.57. The van der Waals surface area contributed by atoms with Gasteiger partial charge in [-0.1, -0.05) is 6.92 Å². The molecule has 0 unspecified atom stereocenters. The quantitative estimate of drug-likeness (QED) is 0.374. The second-order valence-electron chi connectivity index (χ2n) is 6.24. The van der Waals surface area contributed by atoms with Crippen LogP contribution < -0.4 is 15.5 Å². The van der Waals surface area contributed by atoms with Gasteiger partial charge in [-0.15, -0.1) is 35.3 Å². The maximum Gasteiger partial charge on any atom is 0.243 e. The molecule has 0 spiro atoms. The highest BCUT2D eigenvalue weighted by molar-refractivity contribution is 14.0. The predicted octanol–water partition coefficient (Wildman–Crippen LogP) is 2.37. The van der Waals surface area contributed by atoms with E-state index in [1.54, 1.807) is 30.3 Å². The summed E-state index contributed by atoms with van der Waals surface area (Å²) in [7, 11) is 3.51. The van der Waals surface area contributed by atoms with Crippen LogP contribution in [0.1, 0.15) is 26.2 Å². The van der Waals surface area contributed by atoms with E-state index >= 15 is 0 Å². The minimum atomic E-state index is 0. The number of rotatable bonds is 6. The molecule has 6 nitrogen and oxygen atoms in total. The average Bonchev–Trinajstić information content (AvgIpc) is 3.12. The molecule has 0 aromatic carbocycles. The Morgan fingerprint density at radius 3 is 2.68 bits per heavy atom. The first-order valence-corrected chi connectivity index (χ1v) is 9.51. The van der Waals surface area contributed by atoms with Crippen molar-refractivity contribution >= 4 is 52.2 Å². The van der Waals surface area contributed by atoms with Crippen LogP contribution in [-0.4, -0.2) is 63.1 Å². The van der Waals surface area contributed by atoms with Gasteiger partial charge in [-0.3, -0.25) is 4.79 Å². The Labute approximate surface area is 172 Å². The third kappa shape index (κ3) is 7.39. The molecule has 1 fully saturated rings. The normalized spacial score (nSPS) is 15.5. The number of guanidine groups is 1. The number of amides is 1. The Kier molecular flexibility index (Phi) is 10.2. The van der Waals surface area contributed by atoms with Crippen molar-refractivity contribution < 1.29 is 4.79 Å². The van der Waals surface area contributed by atoms with Crippen molar-refractivity contribution in [1.29, 1.82) is 0 Å². The zero-order valence-corrected chi connectivity index (χ0v) is 18.5. The number of hydrogen-bond donors (Lipinski definition) is 2. The van der Waals surface area contributed by atoms with Crippen LogP contribution >= 0.6 is 35.3 Å². The van der Waals surface area contributed by atoms with Crippen LogP contribution in [0, 0.1) is 0 Å². The number of piperidine rings is 1. The summed E-state index contributed by atoms with van der Waals surface area (Å²) >= 11 is 1.80. The topological polar surface area (TPSA) is 60.0 Å². The lowest BCUT2D eigenvalue weighted by Crippen LogP contribution is -2.49. The molecule has 1 saturated heterocycles. The van der Waals surface area contributed by atoms with E-state index in [1.165, 1.54) is 5.00 Å². The molecule has 0 radical (unpaired) electrons. The fraction of sp³-hybridized carbons (Fsp3) is 0.647. The van der Waals surface area contributed by atoms with E-state index in [1.807, 2.05) is 0 Å². The molecule has 1 aliphatic rings. The number of likely N-dealkylation sites (N-methyl/N-ethyl adjacent to an activating group) is 1. The van der Waals surface area contributed by atoms with Gasteiger partial charge in [0, 0.05) is 39.8 Å². The van der Waals surface area contributed by atoms with Gasteiger partial charge in [0.25, 0.3) is 0 Å². The first-order valence-electron chi connectivity index (χ1n) is 8.63. The smallest absolute Gasteiger partial charge is 0.243 e. The van der Waals surface area contributed by atoms with Gasteiger partial charge in [0.1, 0.15) is 6.54 Å². The molecule has 0 bridgehead atoms. The van der Waals surface area contributed by atoms with Crippen molar-refractivity contribution in [2.24, 2.45) is 4.99 Å². The molecule has 2 heterocycles. The Balaban J connectivity index is 0.00000312. The second kappa shape index (κ2) is 11.6. The van der Waals surface area contributed by atoms with Crippen LogP contribution in [0.3, 0.4) is 0 Å². The molecule has 0 saturated carbocycles. The summed E-state index contributed by atoms with van der Waals surface area (Å²) in [6.45, 7) is 5.26. The maximum atomic E-state index is 11.7. The third-order valence-electron chi connectivity index (χ3n) is 4.07. The minimum absolute atomic E-state index is 0. The summed E-state index contributed by atoms with van der Waals surface area (Å²) in [6, 6.07) is 4.69. The van der Waals surface area contributed by atoms with E-state index in [0.29, 0.717) is 6.04 Å². The molecule has 1 aromatic heterocycles. The SMILES string of the molecule is CCCNC(=NCC(=O)N(C)C)NC1CCN(c2cccs2)CC1.I. The van der Waals surface area contributed by atoms with Gasteiger partial charge in [-0.05, 0) is 36.8 Å². The molecule has 142 valence electrons. The molecule has 1 amide bonds. The minimum Gasteiger partial charge on any atom is -0.363 e. The van der Waals surface area contributed by atoms with Crippen LogP contribution in [-0.2, 0) is 4.79 Å². The monoisotopic (exact) mass is 479 g/mol. The molecule has 2 rings (SSSR count). The standard InChI is InChI=1S/C17H29N5OS.HI/c1-4-9-18-17(19-13-15(23)21(2)3)20-14-7-10-22(11-8-14)16-6-5-12-24-16;/h5-6,12,14H,4,7-11,13H2,1-3H3,(H2,18,19,20);1H. The molecule has 1 aromatic rings. The lowest BCUT2D eigenvalue weighted by Gasteiger charge is -2.33.